The molecule has 0 spiro atoms. The molecule has 2 heterocycles. The number of halogens is 4. The molecule has 1 saturated carbocycles. The van der Waals surface area contributed by atoms with Gasteiger partial charge in [-0.1, -0.05) is 12.5 Å². The number of hydrogen-bond acceptors (Lipinski definition) is 4. The first-order chi connectivity index (χ1) is 13.3. The number of nitrogens with zero attached hydrogens (tertiary/aromatic N) is 4. The lowest BCUT2D eigenvalue weighted by atomic mass is 9.85. The number of rotatable bonds is 5. The van der Waals surface area contributed by atoms with E-state index >= 15 is 0 Å². The van der Waals surface area contributed by atoms with E-state index in [9.17, 15) is 13.2 Å². The fourth-order valence-electron chi connectivity index (χ4n) is 3.29. The van der Waals surface area contributed by atoms with E-state index in [1.165, 1.54) is 0 Å². The Kier molecular flexibility index (Phi) is 8.73. The molecule has 11 heteroatoms. The van der Waals surface area contributed by atoms with Crippen molar-refractivity contribution < 1.29 is 13.2 Å². The van der Waals surface area contributed by atoms with Crippen molar-refractivity contribution in [1.29, 1.82) is 0 Å². The van der Waals surface area contributed by atoms with Gasteiger partial charge in [0.1, 0.15) is 12.4 Å². The van der Waals surface area contributed by atoms with Crippen LogP contribution >= 0.6 is 35.3 Å². The van der Waals surface area contributed by atoms with Crippen LogP contribution in [0.15, 0.2) is 22.5 Å². The molecular formula is C18H26F3IN6S. The number of aliphatic imine (C=N–C) groups is 1. The molecule has 2 atom stereocenters. The Bertz CT molecular complexity index is 790. The lowest BCUT2D eigenvalue weighted by molar-refractivity contribution is -0.183. The molecule has 0 bridgehead atoms. The molecule has 1 aliphatic carbocycles. The van der Waals surface area contributed by atoms with Gasteiger partial charge in [0.15, 0.2) is 11.8 Å². The van der Waals surface area contributed by atoms with Crippen LogP contribution in [0.1, 0.15) is 42.2 Å². The second-order valence-electron chi connectivity index (χ2n) is 7.07. The molecule has 2 aromatic heterocycles. The van der Waals surface area contributed by atoms with Crippen molar-refractivity contribution in [3.05, 3.63) is 34.0 Å². The van der Waals surface area contributed by atoms with E-state index in [4.69, 9.17) is 0 Å². The Morgan fingerprint density at radius 3 is 2.76 bits per heavy atom. The van der Waals surface area contributed by atoms with Crippen LogP contribution in [0.3, 0.4) is 0 Å². The van der Waals surface area contributed by atoms with Crippen LogP contribution in [0, 0.1) is 12.8 Å². The van der Waals surface area contributed by atoms with Crippen LogP contribution in [-0.4, -0.2) is 32.9 Å². The Morgan fingerprint density at radius 2 is 2.14 bits per heavy atom. The van der Waals surface area contributed by atoms with E-state index in [0.29, 0.717) is 37.7 Å². The van der Waals surface area contributed by atoms with E-state index in [1.807, 2.05) is 36.1 Å². The summed E-state index contributed by atoms with van der Waals surface area (Å²) >= 11 is 1.61. The number of hydrogen-bond donors (Lipinski definition) is 2. The molecule has 6 nitrogen and oxygen atoms in total. The van der Waals surface area contributed by atoms with Crippen LogP contribution in [0.25, 0.3) is 0 Å². The topological polar surface area (TPSA) is 67.1 Å². The normalized spacial score (nSPS) is 20.2. The van der Waals surface area contributed by atoms with E-state index in [1.54, 1.807) is 11.3 Å². The van der Waals surface area contributed by atoms with Crippen molar-refractivity contribution in [2.75, 3.05) is 0 Å². The molecule has 162 valence electrons. The summed E-state index contributed by atoms with van der Waals surface area (Å²) in [5.74, 6) is 0.735. The van der Waals surface area contributed by atoms with Gasteiger partial charge in [-0.15, -0.1) is 45.5 Å². The highest BCUT2D eigenvalue weighted by atomic mass is 127. The largest absolute Gasteiger partial charge is 0.391 e. The standard InChI is InChI=1S/C18H25F3N6S.HI/c1-12-25-26-16(27(12)2)11-23-17(22-10-15-7-4-8-28-15)24-14-6-3-5-13(9-14)18(19,20)21;/h4,7-8,13-14H,3,5-6,9-11H2,1-2H3,(H2,22,23,24);1H. The first kappa shape index (κ1) is 23.9. The lowest BCUT2D eigenvalue weighted by Crippen LogP contribution is -2.46. The molecule has 1 aliphatic rings. The minimum absolute atomic E-state index is 0. The molecule has 0 amide bonds. The maximum atomic E-state index is 13.1. The smallest absolute Gasteiger partial charge is 0.354 e. The predicted octanol–water partition coefficient (Wildman–Crippen LogP) is 4.16. The van der Waals surface area contributed by atoms with Crippen molar-refractivity contribution in [1.82, 2.24) is 25.4 Å². The zero-order valence-corrected chi connectivity index (χ0v) is 19.5. The highest BCUT2D eigenvalue weighted by Crippen LogP contribution is 2.37. The minimum atomic E-state index is -4.14. The maximum absolute atomic E-state index is 13.1. The number of nitrogens with one attached hydrogen (secondary N) is 2. The first-order valence-corrected chi connectivity index (χ1v) is 10.2. The third-order valence-electron chi connectivity index (χ3n) is 5.05. The van der Waals surface area contributed by atoms with Gasteiger partial charge in [-0.2, -0.15) is 13.2 Å². The van der Waals surface area contributed by atoms with Crippen molar-refractivity contribution >= 4 is 41.3 Å². The SMILES string of the molecule is Cc1nnc(CN=C(NCc2cccs2)NC2CCCC(C(F)(F)F)C2)n1C.I. The van der Waals surface area contributed by atoms with Crippen LogP contribution in [0.4, 0.5) is 13.2 Å². The average Bonchev–Trinajstić information content (AvgIpc) is 3.28. The van der Waals surface area contributed by atoms with Gasteiger partial charge < -0.3 is 15.2 Å². The minimum Gasteiger partial charge on any atom is -0.354 e. The van der Waals surface area contributed by atoms with Crippen molar-refractivity contribution in [2.24, 2.45) is 18.0 Å². The number of thiophene rings is 1. The summed E-state index contributed by atoms with van der Waals surface area (Å²) in [6.07, 6.45) is -2.60. The maximum Gasteiger partial charge on any atom is 0.391 e. The Morgan fingerprint density at radius 1 is 1.34 bits per heavy atom. The van der Waals surface area contributed by atoms with Gasteiger partial charge >= 0.3 is 6.18 Å². The van der Waals surface area contributed by atoms with Gasteiger partial charge in [0, 0.05) is 18.0 Å². The molecule has 29 heavy (non-hydrogen) atoms. The fourth-order valence-corrected chi connectivity index (χ4v) is 3.93. The molecule has 2 unspecified atom stereocenters. The summed E-state index contributed by atoms with van der Waals surface area (Å²) in [6.45, 7) is 2.72. The highest BCUT2D eigenvalue weighted by Gasteiger charge is 2.42. The number of guanidine groups is 1. The third kappa shape index (κ3) is 6.83. The van der Waals surface area contributed by atoms with Crippen LogP contribution < -0.4 is 10.6 Å². The van der Waals surface area contributed by atoms with Crippen LogP contribution in [0.5, 0.6) is 0 Å². The van der Waals surface area contributed by atoms with Crippen molar-refractivity contribution in [2.45, 2.75) is 57.9 Å². The quantitative estimate of drug-likeness (QED) is 0.339. The van der Waals surface area contributed by atoms with Crippen molar-refractivity contribution in [3.8, 4) is 0 Å². The van der Waals surface area contributed by atoms with Crippen LogP contribution in [0.2, 0.25) is 0 Å². The van der Waals surface area contributed by atoms with Crippen molar-refractivity contribution in [3.63, 3.8) is 0 Å². The fraction of sp³-hybridized carbons (Fsp3) is 0.611. The summed E-state index contributed by atoms with van der Waals surface area (Å²) in [5, 5.41) is 16.5. The van der Waals surface area contributed by atoms with E-state index in [2.05, 4.69) is 25.8 Å². The van der Waals surface area contributed by atoms with E-state index < -0.39 is 12.1 Å². The Balaban J connectivity index is 0.00000300. The molecule has 0 saturated heterocycles. The molecule has 1 fully saturated rings. The second kappa shape index (κ2) is 10.6. The first-order valence-electron chi connectivity index (χ1n) is 9.31. The van der Waals surface area contributed by atoms with E-state index in [-0.39, 0.29) is 42.9 Å². The molecule has 0 radical (unpaired) electrons. The molecule has 2 N–H and O–H groups in total. The third-order valence-corrected chi connectivity index (χ3v) is 5.93. The van der Waals surface area contributed by atoms with Gasteiger partial charge in [0.2, 0.25) is 0 Å². The average molecular weight is 542 g/mol. The predicted molar refractivity (Wildman–Crippen MR) is 118 cm³/mol. The number of aromatic nitrogens is 3. The van der Waals surface area contributed by atoms with Gasteiger partial charge in [-0.25, -0.2) is 4.99 Å². The summed E-state index contributed by atoms with van der Waals surface area (Å²) in [7, 11) is 1.86. The van der Waals surface area contributed by atoms with Gasteiger partial charge in [-0.3, -0.25) is 0 Å². The molecule has 0 aromatic carbocycles. The summed E-state index contributed by atoms with van der Waals surface area (Å²) in [6, 6.07) is 3.71. The van der Waals surface area contributed by atoms with E-state index in [0.717, 1.165) is 10.7 Å². The zero-order valence-electron chi connectivity index (χ0n) is 16.4. The summed E-state index contributed by atoms with van der Waals surface area (Å²) in [5.41, 5.74) is 0. The number of alkyl halides is 3. The lowest BCUT2D eigenvalue weighted by Gasteiger charge is -2.32. The molecule has 3 rings (SSSR count). The number of aryl methyl sites for hydroxylation is 1. The monoisotopic (exact) mass is 542 g/mol. The highest BCUT2D eigenvalue weighted by molar-refractivity contribution is 14.0. The molecular weight excluding hydrogens is 516 g/mol. The summed E-state index contributed by atoms with van der Waals surface area (Å²) < 4.78 is 41.2. The Labute approximate surface area is 189 Å². The molecule has 2 aromatic rings. The van der Waals surface area contributed by atoms with Gasteiger partial charge in [0.05, 0.1) is 12.5 Å². The second-order valence-corrected chi connectivity index (χ2v) is 8.10. The van der Waals surface area contributed by atoms with Gasteiger partial charge in [0.25, 0.3) is 0 Å². The Hall–Kier alpha value is -1.37. The molecule has 0 aliphatic heterocycles. The zero-order chi connectivity index (χ0) is 20.1. The summed E-state index contributed by atoms with van der Waals surface area (Å²) in [4.78, 5) is 5.67. The van der Waals surface area contributed by atoms with Crippen LogP contribution in [-0.2, 0) is 20.1 Å². The van der Waals surface area contributed by atoms with Gasteiger partial charge in [-0.05, 0) is 37.6 Å².